The van der Waals surface area contributed by atoms with Crippen molar-refractivity contribution in [2.75, 3.05) is 25.2 Å². The van der Waals surface area contributed by atoms with Gasteiger partial charge >= 0.3 is 0 Å². The Hall–Kier alpha value is -1.73. The molecule has 1 aliphatic heterocycles. The predicted octanol–water partition coefficient (Wildman–Crippen LogP) is 1.13. The molecule has 1 aromatic carbocycles. The van der Waals surface area contributed by atoms with Crippen molar-refractivity contribution in [3.8, 4) is 0 Å². The molecule has 1 unspecified atom stereocenters. The number of hydrogen-bond donors (Lipinski definition) is 1. The maximum Gasteiger partial charge on any atom is 0.299 e. The Balaban J connectivity index is 2.13. The number of fused-ring (bicyclic) bond motifs is 1. The van der Waals surface area contributed by atoms with Crippen LogP contribution in [0.2, 0.25) is 0 Å². The van der Waals surface area contributed by atoms with Gasteiger partial charge in [0.15, 0.2) is 0 Å². The zero-order chi connectivity index (χ0) is 15.6. The van der Waals surface area contributed by atoms with Gasteiger partial charge in [0.25, 0.3) is 11.7 Å². The van der Waals surface area contributed by atoms with E-state index in [1.807, 2.05) is 0 Å². The molecule has 0 saturated heterocycles. The Kier molecular flexibility index (Phi) is 4.74. The molecule has 1 N–H and O–H groups in total. The van der Waals surface area contributed by atoms with E-state index >= 15 is 0 Å². The molecule has 1 aromatic rings. The van der Waals surface area contributed by atoms with Crippen LogP contribution in [0.15, 0.2) is 22.7 Å². The van der Waals surface area contributed by atoms with Crippen molar-refractivity contribution >= 4 is 39.2 Å². The van der Waals surface area contributed by atoms with Gasteiger partial charge in [-0.25, -0.2) is 0 Å². The molecule has 112 valence electrons. The van der Waals surface area contributed by atoms with Crippen LogP contribution >= 0.6 is 15.9 Å². The molecule has 2 rings (SSSR count). The van der Waals surface area contributed by atoms with Crippen LogP contribution in [0, 0.1) is 0 Å². The third-order valence-electron chi connectivity index (χ3n) is 3.06. The lowest BCUT2D eigenvalue weighted by atomic mass is 10.1. The fourth-order valence-electron chi connectivity index (χ4n) is 2.19. The number of nitrogens with zero attached hydrogens (tertiary/aromatic N) is 1. The summed E-state index contributed by atoms with van der Waals surface area (Å²) in [6.45, 7) is 1.98. The van der Waals surface area contributed by atoms with E-state index in [2.05, 4.69) is 21.2 Å². The van der Waals surface area contributed by atoms with Crippen molar-refractivity contribution in [3.05, 3.63) is 28.2 Å². The van der Waals surface area contributed by atoms with E-state index in [-0.39, 0.29) is 18.5 Å². The molecule has 0 aromatic heterocycles. The van der Waals surface area contributed by atoms with Crippen LogP contribution in [0.25, 0.3) is 0 Å². The quantitative estimate of drug-likeness (QED) is 0.804. The van der Waals surface area contributed by atoms with Crippen molar-refractivity contribution in [1.82, 2.24) is 5.32 Å². The van der Waals surface area contributed by atoms with E-state index in [4.69, 9.17) is 4.74 Å². The van der Waals surface area contributed by atoms with Crippen LogP contribution in [0.1, 0.15) is 17.3 Å². The molecule has 0 bridgehead atoms. The standard InChI is InChI=1S/C14H15BrN2O4/c1-8(7-21-2)16-12(18)6-17-11-4-3-9(15)5-10(11)13(19)14(17)20/h3-5,8H,6-7H2,1-2H3,(H,16,18). The van der Waals surface area contributed by atoms with Crippen LogP contribution in [-0.2, 0) is 14.3 Å². The number of nitrogens with one attached hydrogen (secondary N) is 1. The highest BCUT2D eigenvalue weighted by molar-refractivity contribution is 9.10. The van der Waals surface area contributed by atoms with Crippen molar-refractivity contribution < 1.29 is 19.1 Å². The first-order valence-electron chi connectivity index (χ1n) is 6.38. The monoisotopic (exact) mass is 354 g/mol. The number of ether oxygens (including phenoxy) is 1. The first kappa shape index (κ1) is 15.7. The summed E-state index contributed by atoms with van der Waals surface area (Å²) < 4.78 is 5.64. The smallest absolute Gasteiger partial charge is 0.299 e. The minimum atomic E-state index is -0.683. The van der Waals surface area contributed by atoms with Gasteiger partial charge in [0, 0.05) is 17.6 Å². The highest BCUT2D eigenvalue weighted by Gasteiger charge is 2.36. The SMILES string of the molecule is COCC(C)NC(=O)CN1C(=O)C(=O)c2cc(Br)ccc21. The Labute approximate surface area is 130 Å². The molecule has 0 radical (unpaired) electrons. The fourth-order valence-corrected chi connectivity index (χ4v) is 2.55. The molecular weight excluding hydrogens is 340 g/mol. The fraction of sp³-hybridized carbons (Fsp3) is 0.357. The van der Waals surface area contributed by atoms with Gasteiger partial charge in [-0.1, -0.05) is 15.9 Å². The maximum absolute atomic E-state index is 12.0. The summed E-state index contributed by atoms with van der Waals surface area (Å²) in [7, 11) is 1.54. The number of hydrogen-bond acceptors (Lipinski definition) is 4. The third kappa shape index (κ3) is 3.30. The second kappa shape index (κ2) is 6.36. The Bertz CT molecular complexity index is 603. The van der Waals surface area contributed by atoms with Gasteiger partial charge in [-0.2, -0.15) is 0 Å². The molecule has 2 amide bonds. The molecule has 1 heterocycles. The first-order chi connectivity index (χ1) is 9.93. The summed E-state index contributed by atoms with van der Waals surface area (Å²) in [6, 6.07) is 4.79. The lowest BCUT2D eigenvalue weighted by molar-refractivity contribution is -0.122. The molecular formula is C14H15BrN2O4. The number of anilines is 1. The highest BCUT2D eigenvalue weighted by Crippen LogP contribution is 2.30. The summed E-state index contributed by atoms with van der Waals surface area (Å²) >= 11 is 3.26. The number of methoxy groups -OCH3 is 1. The number of rotatable bonds is 5. The molecule has 6 nitrogen and oxygen atoms in total. The zero-order valence-corrected chi connectivity index (χ0v) is 13.3. The molecule has 0 fully saturated rings. The highest BCUT2D eigenvalue weighted by atomic mass is 79.9. The normalized spacial score (nSPS) is 15.1. The van der Waals surface area contributed by atoms with Crippen molar-refractivity contribution in [1.29, 1.82) is 0 Å². The average Bonchev–Trinajstić information content (AvgIpc) is 2.64. The summed E-state index contributed by atoms with van der Waals surface area (Å²) in [5.41, 5.74) is 0.773. The van der Waals surface area contributed by atoms with Gasteiger partial charge < -0.3 is 10.1 Å². The van der Waals surface area contributed by atoms with Crippen LogP contribution in [-0.4, -0.2) is 43.9 Å². The molecule has 21 heavy (non-hydrogen) atoms. The minimum absolute atomic E-state index is 0.166. The molecule has 0 saturated carbocycles. The lowest BCUT2D eigenvalue weighted by Crippen LogP contribution is -2.44. The van der Waals surface area contributed by atoms with Crippen molar-refractivity contribution in [3.63, 3.8) is 0 Å². The zero-order valence-electron chi connectivity index (χ0n) is 11.7. The molecule has 0 spiro atoms. The van der Waals surface area contributed by atoms with Gasteiger partial charge in [0.05, 0.1) is 17.9 Å². The van der Waals surface area contributed by atoms with E-state index in [0.717, 1.165) is 0 Å². The van der Waals surface area contributed by atoms with E-state index in [1.54, 1.807) is 32.2 Å². The number of Topliss-reactive ketones (excluding diaryl/α,β-unsaturated/α-hetero) is 1. The van der Waals surface area contributed by atoms with Crippen molar-refractivity contribution in [2.24, 2.45) is 0 Å². The average molecular weight is 355 g/mol. The lowest BCUT2D eigenvalue weighted by Gasteiger charge is -2.18. The molecule has 0 aliphatic carbocycles. The second-order valence-electron chi connectivity index (χ2n) is 4.81. The van der Waals surface area contributed by atoms with Crippen LogP contribution in [0.4, 0.5) is 5.69 Å². The third-order valence-corrected chi connectivity index (χ3v) is 3.55. The number of carbonyl (C=O) groups is 3. The summed E-state index contributed by atoms with van der Waals surface area (Å²) in [5, 5.41) is 2.71. The van der Waals surface area contributed by atoms with E-state index in [9.17, 15) is 14.4 Å². The number of benzene rings is 1. The van der Waals surface area contributed by atoms with Gasteiger partial charge in [-0.3, -0.25) is 19.3 Å². The van der Waals surface area contributed by atoms with Gasteiger partial charge in [-0.15, -0.1) is 0 Å². The Morgan fingerprint density at radius 1 is 1.43 bits per heavy atom. The number of amides is 2. The summed E-state index contributed by atoms with van der Waals surface area (Å²) in [5.74, 6) is -1.61. The maximum atomic E-state index is 12.0. The number of ketones is 1. The van der Waals surface area contributed by atoms with Gasteiger partial charge in [0.2, 0.25) is 5.91 Å². The molecule has 1 aliphatic rings. The second-order valence-corrected chi connectivity index (χ2v) is 5.72. The molecule has 7 heteroatoms. The number of halogens is 1. The van der Waals surface area contributed by atoms with Crippen LogP contribution in [0.3, 0.4) is 0 Å². The van der Waals surface area contributed by atoms with Gasteiger partial charge in [-0.05, 0) is 25.1 Å². The predicted molar refractivity (Wildman–Crippen MR) is 80.3 cm³/mol. The summed E-state index contributed by atoms with van der Waals surface area (Å²) in [4.78, 5) is 37.0. The Morgan fingerprint density at radius 3 is 2.81 bits per heavy atom. The van der Waals surface area contributed by atoms with Gasteiger partial charge in [0.1, 0.15) is 6.54 Å². The summed E-state index contributed by atoms with van der Waals surface area (Å²) in [6.07, 6.45) is 0. The Morgan fingerprint density at radius 2 is 2.14 bits per heavy atom. The topological polar surface area (TPSA) is 75.7 Å². The molecule has 1 atom stereocenters. The van der Waals surface area contributed by atoms with E-state index in [1.165, 1.54) is 4.90 Å². The minimum Gasteiger partial charge on any atom is -0.383 e. The largest absolute Gasteiger partial charge is 0.383 e. The van der Waals surface area contributed by atoms with Crippen molar-refractivity contribution in [2.45, 2.75) is 13.0 Å². The first-order valence-corrected chi connectivity index (χ1v) is 7.17. The van der Waals surface area contributed by atoms with E-state index < -0.39 is 11.7 Å². The van der Waals surface area contributed by atoms with E-state index in [0.29, 0.717) is 22.3 Å². The van der Waals surface area contributed by atoms with Crippen LogP contribution < -0.4 is 10.2 Å². The number of carbonyl (C=O) groups excluding carboxylic acids is 3. The van der Waals surface area contributed by atoms with Crippen LogP contribution in [0.5, 0.6) is 0 Å².